The molecule has 0 saturated heterocycles. The van der Waals surface area contributed by atoms with Crippen LogP contribution < -0.4 is 5.73 Å². The predicted molar refractivity (Wildman–Crippen MR) is 61.7 cm³/mol. The van der Waals surface area contributed by atoms with E-state index < -0.39 is 11.6 Å². The van der Waals surface area contributed by atoms with E-state index in [-0.39, 0.29) is 0 Å². The Morgan fingerprint density at radius 2 is 1.88 bits per heavy atom. The Morgan fingerprint density at radius 3 is 2.62 bits per heavy atom. The maximum absolute atomic E-state index is 11.7. The normalized spacial score (nSPS) is 15.1. The van der Waals surface area contributed by atoms with E-state index in [1.165, 1.54) is 6.20 Å². The fourth-order valence-corrected chi connectivity index (χ4v) is 1.70. The van der Waals surface area contributed by atoms with Gasteiger partial charge in [-0.15, -0.1) is 0 Å². The molecule has 0 heterocycles. The molecule has 0 spiro atoms. The molecule has 80 valence electrons. The molecule has 0 amide bonds. The highest BCUT2D eigenvalue weighted by molar-refractivity contribution is 6.51. The molecule has 16 heavy (non-hydrogen) atoms. The largest absolute Gasteiger partial charge is 0.405 e. The number of fused-ring (bicyclic) bond motifs is 1. The quantitative estimate of drug-likeness (QED) is 0.760. The zero-order chi connectivity index (χ0) is 11.5. The molecule has 2 rings (SSSR count). The lowest BCUT2D eigenvalue weighted by molar-refractivity contribution is -0.111. The molecule has 3 heteroatoms. The third-order valence-electron chi connectivity index (χ3n) is 2.51. The van der Waals surface area contributed by atoms with Crippen LogP contribution in [0.3, 0.4) is 0 Å². The van der Waals surface area contributed by atoms with Crippen molar-refractivity contribution in [3.05, 3.63) is 53.2 Å². The number of rotatable bonds is 2. The number of carbonyl (C=O) groups is 2. The van der Waals surface area contributed by atoms with Crippen LogP contribution in [-0.2, 0) is 4.79 Å². The summed E-state index contributed by atoms with van der Waals surface area (Å²) in [5, 5.41) is 0. The van der Waals surface area contributed by atoms with Crippen molar-refractivity contribution in [1.29, 1.82) is 0 Å². The Morgan fingerprint density at radius 1 is 1.12 bits per heavy atom. The monoisotopic (exact) mass is 213 g/mol. The van der Waals surface area contributed by atoms with E-state index in [1.807, 2.05) is 12.1 Å². The van der Waals surface area contributed by atoms with Gasteiger partial charge in [-0.3, -0.25) is 9.59 Å². The Balaban J connectivity index is 2.47. The average Bonchev–Trinajstić information content (AvgIpc) is 2.32. The molecule has 0 bridgehead atoms. The van der Waals surface area contributed by atoms with Gasteiger partial charge in [0, 0.05) is 11.1 Å². The molecule has 0 fully saturated rings. The molecule has 0 aliphatic heterocycles. The Kier molecular flexibility index (Phi) is 2.68. The first-order valence-corrected chi connectivity index (χ1v) is 4.99. The molecule has 2 N–H and O–H groups in total. The molecular weight excluding hydrogens is 202 g/mol. The third-order valence-corrected chi connectivity index (χ3v) is 2.51. The highest BCUT2D eigenvalue weighted by Gasteiger charge is 2.25. The number of Topliss-reactive ketones (excluding diaryl/α,β-unsaturated/α-hetero) is 2. The van der Waals surface area contributed by atoms with Crippen LogP contribution >= 0.6 is 0 Å². The summed E-state index contributed by atoms with van der Waals surface area (Å²) in [4.78, 5) is 23.4. The van der Waals surface area contributed by atoms with Crippen LogP contribution in [0.2, 0.25) is 0 Å². The second-order valence-corrected chi connectivity index (χ2v) is 3.55. The first kappa shape index (κ1) is 10.4. The predicted octanol–water partition coefficient (Wildman–Crippen LogP) is 1.70. The highest BCUT2D eigenvalue weighted by Crippen LogP contribution is 2.23. The Bertz CT molecular complexity index is 512. The van der Waals surface area contributed by atoms with E-state index >= 15 is 0 Å². The van der Waals surface area contributed by atoms with E-state index in [4.69, 9.17) is 5.73 Å². The van der Waals surface area contributed by atoms with Crippen LogP contribution in [0.4, 0.5) is 0 Å². The smallest absolute Gasteiger partial charge is 0.233 e. The van der Waals surface area contributed by atoms with Gasteiger partial charge in [-0.2, -0.15) is 0 Å². The number of ketones is 2. The lowest BCUT2D eigenvalue weighted by atomic mass is 9.89. The maximum Gasteiger partial charge on any atom is 0.233 e. The van der Waals surface area contributed by atoms with E-state index in [1.54, 1.807) is 24.3 Å². The van der Waals surface area contributed by atoms with Gasteiger partial charge in [-0.05, 0) is 24.3 Å². The fraction of sp³-hybridized carbons (Fsp3) is 0.0769. The lowest BCUT2D eigenvalue weighted by Crippen LogP contribution is -2.21. The summed E-state index contributed by atoms with van der Waals surface area (Å²) in [5.74, 6) is -0.865. The molecule has 0 aromatic heterocycles. The average molecular weight is 213 g/mol. The second kappa shape index (κ2) is 4.14. The molecule has 1 aromatic carbocycles. The van der Waals surface area contributed by atoms with Crippen LogP contribution in [0.25, 0.3) is 6.08 Å². The summed E-state index contributed by atoms with van der Waals surface area (Å²) in [7, 11) is 0. The van der Waals surface area contributed by atoms with Crippen molar-refractivity contribution < 1.29 is 9.59 Å². The van der Waals surface area contributed by atoms with E-state index in [0.29, 0.717) is 17.6 Å². The van der Waals surface area contributed by atoms with E-state index in [9.17, 15) is 9.59 Å². The number of hydrogen-bond acceptors (Lipinski definition) is 3. The van der Waals surface area contributed by atoms with Crippen molar-refractivity contribution in [2.45, 2.75) is 6.42 Å². The number of hydrogen-bond donors (Lipinski definition) is 1. The van der Waals surface area contributed by atoms with Gasteiger partial charge < -0.3 is 5.73 Å². The van der Waals surface area contributed by atoms with Crippen LogP contribution in [0, 0.1) is 0 Å². The summed E-state index contributed by atoms with van der Waals surface area (Å²) in [5.41, 5.74) is 6.99. The molecule has 0 atom stereocenters. The van der Waals surface area contributed by atoms with Gasteiger partial charge in [0.15, 0.2) is 0 Å². The van der Waals surface area contributed by atoms with Gasteiger partial charge in [-0.25, -0.2) is 0 Å². The third kappa shape index (κ3) is 1.67. The Hall–Kier alpha value is -2.16. The number of carbonyl (C=O) groups excluding carboxylic acids is 2. The minimum Gasteiger partial charge on any atom is -0.405 e. The van der Waals surface area contributed by atoms with E-state index in [0.717, 1.165) is 5.56 Å². The van der Waals surface area contributed by atoms with Crippen molar-refractivity contribution in [3.8, 4) is 0 Å². The summed E-state index contributed by atoms with van der Waals surface area (Å²) in [6.07, 6.45) is 5.18. The fourth-order valence-electron chi connectivity index (χ4n) is 1.70. The molecule has 1 aromatic rings. The van der Waals surface area contributed by atoms with Crippen molar-refractivity contribution in [3.63, 3.8) is 0 Å². The minimum atomic E-state index is -0.434. The molecule has 1 aliphatic carbocycles. The lowest BCUT2D eigenvalue weighted by Gasteiger charge is -2.12. The summed E-state index contributed by atoms with van der Waals surface area (Å²) >= 11 is 0. The van der Waals surface area contributed by atoms with Gasteiger partial charge in [0.1, 0.15) is 0 Å². The zero-order valence-corrected chi connectivity index (χ0v) is 8.64. The first-order chi connectivity index (χ1) is 7.74. The van der Waals surface area contributed by atoms with Gasteiger partial charge in [0.05, 0.1) is 0 Å². The number of allylic oxidation sites excluding steroid dienone is 2. The number of nitrogens with two attached hydrogens (primary N) is 1. The van der Waals surface area contributed by atoms with Crippen molar-refractivity contribution in [1.82, 2.24) is 0 Å². The van der Waals surface area contributed by atoms with E-state index in [2.05, 4.69) is 0 Å². The van der Waals surface area contributed by atoms with Crippen LogP contribution in [0.5, 0.6) is 0 Å². The van der Waals surface area contributed by atoms with Gasteiger partial charge in [0.2, 0.25) is 11.6 Å². The zero-order valence-electron chi connectivity index (χ0n) is 8.64. The molecule has 0 unspecified atom stereocenters. The van der Waals surface area contributed by atoms with Gasteiger partial charge >= 0.3 is 0 Å². The summed E-state index contributed by atoms with van der Waals surface area (Å²) in [6, 6.07) is 7.09. The first-order valence-electron chi connectivity index (χ1n) is 4.99. The number of benzene rings is 1. The molecule has 0 radical (unpaired) electrons. The SMILES string of the molecule is NC=CCC1=Cc2ccccc2C(=O)C1=O. The van der Waals surface area contributed by atoms with Crippen LogP contribution in [-0.4, -0.2) is 11.6 Å². The highest BCUT2D eigenvalue weighted by atomic mass is 16.2. The van der Waals surface area contributed by atoms with Crippen molar-refractivity contribution in [2.75, 3.05) is 0 Å². The van der Waals surface area contributed by atoms with Gasteiger partial charge in [0.25, 0.3) is 0 Å². The van der Waals surface area contributed by atoms with Crippen molar-refractivity contribution in [2.24, 2.45) is 5.73 Å². The molecule has 1 aliphatic rings. The molecule has 0 saturated carbocycles. The van der Waals surface area contributed by atoms with Gasteiger partial charge in [-0.1, -0.05) is 30.3 Å². The topological polar surface area (TPSA) is 60.2 Å². The van der Waals surface area contributed by atoms with Crippen LogP contribution in [0.15, 0.2) is 42.1 Å². The standard InChI is InChI=1S/C13H11NO2/c14-7-3-5-10-8-9-4-1-2-6-11(9)13(16)12(10)15/h1-4,6-8H,5,14H2. The summed E-state index contributed by atoms with van der Waals surface area (Å²) < 4.78 is 0. The second-order valence-electron chi connectivity index (χ2n) is 3.55. The molecule has 3 nitrogen and oxygen atoms in total. The summed E-state index contributed by atoms with van der Waals surface area (Å²) in [6.45, 7) is 0. The maximum atomic E-state index is 11.7. The molecular formula is C13H11NO2. The Labute approximate surface area is 93.3 Å². The minimum absolute atomic E-state index is 0.398. The van der Waals surface area contributed by atoms with Crippen molar-refractivity contribution >= 4 is 17.6 Å². The van der Waals surface area contributed by atoms with Crippen LogP contribution in [0.1, 0.15) is 22.3 Å².